The number of benzene rings is 2. The number of likely N-dealkylation sites (tertiary alicyclic amines) is 1. The lowest BCUT2D eigenvalue weighted by Crippen LogP contribution is -2.51. The molecule has 1 amide bonds. The van der Waals surface area contributed by atoms with Gasteiger partial charge in [0.15, 0.2) is 0 Å². The maximum Gasteiger partial charge on any atom is 0.410 e. The van der Waals surface area contributed by atoms with Crippen LogP contribution in [-0.2, 0) is 22.6 Å². The van der Waals surface area contributed by atoms with Crippen molar-refractivity contribution in [3.8, 4) is 5.75 Å². The van der Waals surface area contributed by atoms with E-state index in [0.29, 0.717) is 13.0 Å². The second-order valence-electron chi connectivity index (χ2n) is 7.21. The van der Waals surface area contributed by atoms with Gasteiger partial charge in [-0.15, -0.1) is 0 Å². The maximum atomic E-state index is 12.8. The van der Waals surface area contributed by atoms with Crippen LogP contribution in [0, 0.1) is 5.92 Å². The Morgan fingerprint density at radius 1 is 1.04 bits per heavy atom. The number of methoxy groups -OCH3 is 1. The van der Waals surface area contributed by atoms with Gasteiger partial charge in [0, 0.05) is 18.5 Å². The van der Waals surface area contributed by atoms with E-state index < -0.39 is 0 Å². The molecule has 5 nitrogen and oxygen atoms in total. The summed E-state index contributed by atoms with van der Waals surface area (Å²) >= 11 is 0. The van der Waals surface area contributed by atoms with Gasteiger partial charge in [0.05, 0.1) is 7.11 Å². The van der Waals surface area contributed by atoms with Gasteiger partial charge in [-0.2, -0.15) is 0 Å². The van der Waals surface area contributed by atoms with Crippen molar-refractivity contribution in [2.24, 2.45) is 5.92 Å². The standard InChI is InChI=1S/C23H27NO4/c1-17(25)21-9-6-14-24(23(26)28-16-19-7-4-3-5-8-19)22(21)15-18-10-12-20(27-2)13-11-18/h3-5,7-8,10-13,21-22H,6,9,14-16H2,1-2H3. The quantitative estimate of drug-likeness (QED) is 0.751. The van der Waals surface area contributed by atoms with Crippen molar-refractivity contribution < 1.29 is 19.1 Å². The summed E-state index contributed by atoms with van der Waals surface area (Å²) in [6.45, 7) is 2.46. The van der Waals surface area contributed by atoms with Gasteiger partial charge in [-0.1, -0.05) is 42.5 Å². The summed E-state index contributed by atoms with van der Waals surface area (Å²) in [5.41, 5.74) is 2.02. The molecule has 1 aliphatic heterocycles. The highest BCUT2D eigenvalue weighted by Gasteiger charge is 2.37. The van der Waals surface area contributed by atoms with Crippen LogP contribution in [0.4, 0.5) is 4.79 Å². The SMILES string of the molecule is COc1ccc(CC2C(C(C)=O)CCCN2C(=O)OCc2ccccc2)cc1. The first-order valence-corrected chi connectivity index (χ1v) is 9.69. The first kappa shape index (κ1) is 19.9. The smallest absolute Gasteiger partial charge is 0.410 e. The molecule has 0 saturated carbocycles. The Morgan fingerprint density at radius 2 is 1.75 bits per heavy atom. The molecule has 148 valence electrons. The van der Waals surface area contributed by atoms with E-state index in [1.54, 1.807) is 18.9 Å². The predicted octanol–water partition coefficient (Wildman–Crippen LogP) is 4.24. The van der Waals surface area contributed by atoms with Gasteiger partial charge < -0.3 is 14.4 Å². The van der Waals surface area contributed by atoms with Gasteiger partial charge in [-0.3, -0.25) is 4.79 Å². The maximum absolute atomic E-state index is 12.8. The highest BCUT2D eigenvalue weighted by Crippen LogP contribution is 2.28. The van der Waals surface area contributed by atoms with Crippen molar-refractivity contribution in [1.82, 2.24) is 4.90 Å². The predicted molar refractivity (Wildman–Crippen MR) is 107 cm³/mol. The van der Waals surface area contributed by atoms with Crippen LogP contribution in [0.3, 0.4) is 0 Å². The fourth-order valence-corrected chi connectivity index (χ4v) is 3.82. The molecule has 28 heavy (non-hydrogen) atoms. The zero-order chi connectivity index (χ0) is 19.9. The number of ketones is 1. The third-order valence-corrected chi connectivity index (χ3v) is 5.34. The van der Waals surface area contributed by atoms with E-state index in [9.17, 15) is 9.59 Å². The monoisotopic (exact) mass is 381 g/mol. The Morgan fingerprint density at radius 3 is 2.39 bits per heavy atom. The normalized spacial score (nSPS) is 19.1. The number of hydrogen-bond acceptors (Lipinski definition) is 4. The zero-order valence-electron chi connectivity index (χ0n) is 16.5. The molecule has 0 spiro atoms. The number of Topliss-reactive ketones (excluding diaryl/α,β-unsaturated/α-hetero) is 1. The Labute approximate surface area is 166 Å². The number of carbonyl (C=O) groups excluding carboxylic acids is 2. The third-order valence-electron chi connectivity index (χ3n) is 5.34. The van der Waals surface area contributed by atoms with Crippen molar-refractivity contribution in [2.75, 3.05) is 13.7 Å². The molecule has 2 aromatic carbocycles. The van der Waals surface area contributed by atoms with Crippen molar-refractivity contribution >= 4 is 11.9 Å². The van der Waals surface area contributed by atoms with E-state index in [4.69, 9.17) is 9.47 Å². The molecule has 0 N–H and O–H groups in total. The molecular formula is C23H27NO4. The number of hydrogen-bond donors (Lipinski definition) is 0. The lowest BCUT2D eigenvalue weighted by Gasteiger charge is -2.39. The lowest BCUT2D eigenvalue weighted by molar-refractivity contribution is -0.124. The molecule has 1 saturated heterocycles. The average Bonchev–Trinajstić information content (AvgIpc) is 2.73. The van der Waals surface area contributed by atoms with Gasteiger partial charge in [0.1, 0.15) is 18.1 Å². The number of piperidine rings is 1. The number of amides is 1. The van der Waals surface area contributed by atoms with Crippen molar-refractivity contribution in [3.05, 3.63) is 65.7 Å². The van der Waals surface area contributed by atoms with Gasteiger partial charge in [-0.05, 0) is 49.4 Å². The second kappa shape index (κ2) is 9.40. The van der Waals surface area contributed by atoms with Gasteiger partial charge in [0.2, 0.25) is 0 Å². The Balaban J connectivity index is 1.73. The van der Waals surface area contributed by atoms with Crippen LogP contribution in [0.15, 0.2) is 54.6 Å². The Kier molecular flexibility index (Phi) is 6.69. The van der Waals surface area contributed by atoms with E-state index >= 15 is 0 Å². The van der Waals surface area contributed by atoms with Crippen LogP contribution in [0.5, 0.6) is 5.75 Å². The summed E-state index contributed by atoms with van der Waals surface area (Å²) < 4.78 is 10.8. The van der Waals surface area contributed by atoms with Gasteiger partial charge in [-0.25, -0.2) is 4.79 Å². The number of carbonyl (C=O) groups is 2. The van der Waals surface area contributed by atoms with Crippen molar-refractivity contribution in [3.63, 3.8) is 0 Å². The minimum Gasteiger partial charge on any atom is -0.497 e. The highest BCUT2D eigenvalue weighted by molar-refractivity contribution is 5.80. The van der Waals surface area contributed by atoms with Gasteiger partial charge >= 0.3 is 6.09 Å². The summed E-state index contributed by atoms with van der Waals surface area (Å²) in [6, 6.07) is 17.2. The number of ether oxygens (including phenoxy) is 2. The molecule has 2 unspecified atom stereocenters. The fraction of sp³-hybridized carbons (Fsp3) is 0.391. The molecule has 5 heteroatoms. The van der Waals surface area contributed by atoms with Crippen molar-refractivity contribution in [2.45, 2.75) is 38.8 Å². The summed E-state index contributed by atoms with van der Waals surface area (Å²) in [4.78, 5) is 26.8. The van der Waals surface area contributed by atoms with E-state index in [1.807, 2.05) is 54.6 Å². The van der Waals surface area contributed by atoms with E-state index in [2.05, 4.69) is 0 Å². The molecule has 1 aliphatic rings. The Hall–Kier alpha value is -2.82. The molecule has 2 aromatic rings. The molecule has 0 aliphatic carbocycles. The van der Waals surface area contributed by atoms with E-state index in [1.165, 1.54) is 0 Å². The lowest BCUT2D eigenvalue weighted by atomic mass is 9.83. The molecule has 3 rings (SSSR count). The summed E-state index contributed by atoms with van der Waals surface area (Å²) in [5, 5.41) is 0. The number of rotatable bonds is 6. The summed E-state index contributed by atoms with van der Waals surface area (Å²) in [5.74, 6) is 0.744. The molecule has 0 radical (unpaired) electrons. The topological polar surface area (TPSA) is 55.8 Å². The minimum atomic E-state index is -0.353. The van der Waals surface area contributed by atoms with Crippen LogP contribution in [-0.4, -0.2) is 36.5 Å². The van der Waals surface area contributed by atoms with E-state index in [-0.39, 0.29) is 30.4 Å². The van der Waals surface area contributed by atoms with Crippen LogP contribution in [0.2, 0.25) is 0 Å². The molecule has 0 bridgehead atoms. The zero-order valence-corrected chi connectivity index (χ0v) is 16.5. The largest absolute Gasteiger partial charge is 0.497 e. The number of nitrogens with zero attached hydrogens (tertiary/aromatic N) is 1. The molecule has 2 atom stereocenters. The fourth-order valence-electron chi connectivity index (χ4n) is 3.82. The molecule has 1 heterocycles. The van der Waals surface area contributed by atoms with E-state index in [0.717, 1.165) is 29.7 Å². The highest BCUT2D eigenvalue weighted by atomic mass is 16.6. The summed E-state index contributed by atoms with van der Waals surface area (Å²) in [6.07, 6.45) is 1.88. The minimum absolute atomic E-state index is 0.124. The first-order chi connectivity index (χ1) is 13.6. The van der Waals surface area contributed by atoms with Crippen molar-refractivity contribution in [1.29, 1.82) is 0 Å². The van der Waals surface area contributed by atoms with Crippen LogP contribution in [0.25, 0.3) is 0 Å². The van der Waals surface area contributed by atoms with Crippen LogP contribution < -0.4 is 4.74 Å². The second-order valence-corrected chi connectivity index (χ2v) is 7.21. The molecule has 0 aromatic heterocycles. The van der Waals surface area contributed by atoms with Crippen LogP contribution in [0.1, 0.15) is 30.9 Å². The average molecular weight is 381 g/mol. The van der Waals surface area contributed by atoms with Crippen LogP contribution >= 0.6 is 0 Å². The van der Waals surface area contributed by atoms with Gasteiger partial charge in [0.25, 0.3) is 0 Å². The summed E-state index contributed by atoms with van der Waals surface area (Å²) in [7, 11) is 1.63. The molecular weight excluding hydrogens is 354 g/mol. The Bertz CT molecular complexity index is 788. The first-order valence-electron chi connectivity index (χ1n) is 9.69. The third kappa shape index (κ3) is 4.91. The molecule has 1 fully saturated rings.